The number of fused-ring (bicyclic) bond motifs is 10. The molecule has 0 fully saturated rings. The van der Waals surface area contributed by atoms with Crippen molar-refractivity contribution in [2.45, 2.75) is 78.6 Å². The standard InChI is InChI=1S/C66H58N4O/c1-64(2,3)44-30-28-42(29-31-44)43-36-56-52-23-13-11-21-50(52)49-20-10-12-22-51(49)55-25-17-26-57(66(7,8)9)62(55)69-41-68(60(37-43)63(56)69)46-18-16-19-47(39-46)71-48-32-33-54-53-24-14-15-27-58(53)70(59(54)40-48)61-38-45(34-35-67-61)65(4,5)6/h10-40H,1-9H3. The molecule has 0 spiro atoms. The van der Waals surface area contributed by atoms with E-state index in [9.17, 15) is 0 Å². The Kier molecular flexibility index (Phi) is 10.1. The average Bonchev–Trinajstić information content (AvgIpc) is 3.92. The first-order valence-corrected chi connectivity index (χ1v) is 24.9. The third kappa shape index (κ3) is 7.54. The van der Waals surface area contributed by atoms with E-state index in [4.69, 9.17) is 9.72 Å². The smallest absolute Gasteiger partial charge is 0.269 e. The van der Waals surface area contributed by atoms with Gasteiger partial charge in [0.25, 0.3) is 6.33 Å². The Morgan fingerprint density at radius 2 is 1.07 bits per heavy atom. The Labute approximate surface area is 417 Å². The number of ether oxygens (including phenoxy) is 1. The van der Waals surface area contributed by atoms with Crippen molar-refractivity contribution in [3.05, 3.63) is 211 Å². The molecule has 0 bridgehead atoms. The lowest BCUT2D eigenvalue weighted by Gasteiger charge is -2.26. The van der Waals surface area contributed by atoms with Crippen LogP contribution in [0.4, 0.5) is 0 Å². The first-order valence-electron chi connectivity index (χ1n) is 24.9. The molecule has 0 saturated heterocycles. The van der Waals surface area contributed by atoms with Gasteiger partial charge in [0.05, 0.1) is 33.4 Å². The molecule has 0 unspecified atom stereocenters. The quantitative estimate of drug-likeness (QED) is 0.127. The summed E-state index contributed by atoms with van der Waals surface area (Å²) in [5.74, 6) is 2.35. The van der Waals surface area contributed by atoms with Crippen molar-refractivity contribution < 1.29 is 9.30 Å². The molecule has 4 heterocycles. The molecule has 1 aliphatic rings. The molecule has 348 valence electrons. The Morgan fingerprint density at radius 3 is 1.77 bits per heavy atom. The normalized spacial score (nSPS) is 12.6. The number of hydrogen-bond donors (Lipinski definition) is 0. The van der Waals surface area contributed by atoms with Gasteiger partial charge in [-0.2, -0.15) is 0 Å². The van der Waals surface area contributed by atoms with E-state index in [2.05, 4.69) is 258 Å². The highest BCUT2D eigenvalue weighted by atomic mass is 16.5. The van der Waals surface area contributed by atoms with Gasteiger partial charge in [0.15, 0.2) is 0 Å². The number of hydrogen-bond acceptors (Lipinski definition) is 2. The van der Waals surface area contributed by atoms with Crippen LogP contribution in [0, 0.1) is 6.33 Å². The number of aromatic nitrogens is 4. The molecular weight excluding hydrogens is 865 g/mol. The SMILES string of the molecule is CC(C)(C)c1ccc(-c2cc3c4c(c2)n(-c2cccc(Oc5ccc6c7ccccc7n(-c7cc(C(C)(C)C)ccn7)c6c5)c2)[c-][n+]4-c2c(cccc2C(C)(C)C)-c2ccccc2-c2ccccc2-3)cc1. The predicted molar refractivity (Wildman–Crippen MR) is 294 cm³/mol. The lowest BCUT2D eigenvalue weighted by atomic mass is 9.82. The highest BCUT2D eigenvalue weighted by Crippen LogP contribution is 2.46. The zero-order valence-electron chi connectivity index (χ0n) is 42.1. The maximum atomic E-state index is 6.92. The zero-order chi connectivity index (χ0) is 49.0. The second-order valence-corrected chi connectivity index (χ2v) is 22.3. The fourth-order valence-electron chi connectivity index (χ4n) is 10.7. The van der Waals surface area contributed by atoms with E-state index in [1.807, 2.05) is 12.3 Å². The van der Waals surface area contributed by atoms with Gasteiger partial charge in [0.2, 0.25) is 0 Å². The second kappa shape index (κ2) is 16.3. The van der Waals surface area contributed by atoms with Gasteiger partial charge in [-0.25, -0.2) is 4.98 Å². The molecule has 0 atom stereocenters. The van der Waals surface area contributed by atoms with Crippen LogP contribution >= 0.6 is 0 Å². The maximum Gasteiger partial charge on any atom is 0.269 e. The molecule has 5 heteroatoms. The van der Waals surface area contributed by atoms with Crippen molar-refractivity contribution in [2.24, 2.45) is 0 Å². The van der Waals surface area contributed by atoms with Crippen LogP contribution in [0.1, 0.15) is 79.0 Å². The molecular formula is C66H58N4O. The molecule has 11 aromatic rings. The molecule has 0 saturated carbocycles. The second-order valence-electron chi connectivity index (χ2n) is 22.3. The summed E-state index contributed by atoms with van der Waals surface area (Å²) in [6, 6.07) is 66.3. The highest BCUT2D eigenvalue weighted by molar-refractivity contribution is 6.09. The van der Waals surface area contributed by atoms with E-state index in [0.29, 0.717) is 0 Å². The van der Waals surface area contributed by atoms with E-state index in [1.165, 1.54) is 49.9 Å². The van der Waals surface area contributed by atoms with Crippen molar-refractivity contribution in [1.29, 1.82) is 0 Å². The number of rotatable bonds is 5. The van der Waals surface area contributed by atoms with Crippen LogP contribution in [0.3, 0.4) is 0 Å². The van der Waals surface area contributed by atoms with Crippen molar-refractivity contribution >= 4 is 32.8 Å². The van der Waals surface area contributed by atoms with E-state index in [1.54, 1.807) is 0 Å². The third-order valence-electron chi connectivity index (χ3n) is 14.4. The summed E-state index contributed by atoms with van der Waals surface area (Å²) in [5, 5.41) is 2.32. The molecule has 0 amide bonds. The molecule has 0 radical (unpaired) electrons. The van der Waals surface area contributed by atoms with Crippen molar-refractivity contribution in [3.8, 4) is 73.2 Å². The first-order chi connectivity index (χ1) is 34.1. The first kappa shape index (κ1) is 44.2. The van der Waals surface area contributed by atoms with Crippen LogP contribution in [0.2, 0.25) is 0 Å². The van der Waals surface area contributed by atoms with Gasteiger partial charge in [-0.05, 0) is 132 Å². The minimum absolute atomic E-state index is 0.0258. The molecule has 0 N–H and O–H groups in total. The van der Waals surface area contributed by atoms with Crippen LogP contribution in [0.15, 0.2) is 188 Å². The van der Waals surface area contributed by atoms with E-state index < -0.39 is 0 Å². The maximum absolute atomic E-state index is 6.92. The van der Waals surface area contributed by atoms with E-state index >= 15 is 0 Å². The zero-order valence-corrected chi connectivity index (χ0v) is 42.1. The molecule has 0 aliphatic carbocycles. The van der Waals surface area contributed by atoms with Gasteiger partial charge in [-0.3, -0.25) is 13.7 Å². The van der Waals surface area contributed by atoms with Crippen molar-refractivity contribution in [3.63, 3.8) is 0 Å². The molecule has 3 aromatic heterocycles. The lowest BCUT2D eigenvalue weighted by Crippen LogP contribution is -2.35. The van der Waals surface area contributed by atoms with Gasteiger partial charge in [0.1, 0.15) is 17.3 Å². The molecule has 8 aromatic carbocycles. The fraction of sp³-hybridized carbons (Fsp3) is 0.182. The number of para-hydroxylation sites is 2. The van der Waals surface area contributed by atoms with Crippen LogP contribution < -0.4 is 9.30 Å². The Balaban J connectivity index is 1.08. The summed E-state index contributed by atoms with van der Waals surface area (Å²) in [5.41, 5.74) is 19.3. The number of benzene rings is 8. The topological polar surface area (TPSA) is 35.9 Å². The predicted octanol–water partition coefficient (Wildman–Crippen LogP) is 16.9. The van der Waals surface area contributed by atoms with Crippen molar-refractivity contribution in [2.75, 3.05) is 0 Å². The summed E-state index contributed by atoms with van der Waals surface area (Å²) in [6.07, 6.45) is 5.95. The summed E-state index contributed by atoms with van der Waals surface area (Å²) in [7, 11) is 0. The van der Waals surface area contributed by atoms with E-state index in [-0.39, 0.29) is 16.2 Å². The van der Waals surface area contributed by atoms with Crippen molar-refractivity contribution in [1.82, 2.24) is 14.1 Å². The summed E-state index contributed by atoms with van der Waals surface area (Å²) >= 11 is 0. The number of pyridine rings is 1. The molecule has 71 heavy (non-hydrogen) atoms. The third-order valence-corrected chi connectivity index (χ3v) is 14.4. The average molecular weight is 923 g/mol. The molecule has 1 aliphatic heterocycles. The fourth-order valence-corrected chi connectivity index (χ4v) is 10.7. The van der Waals surface area contributed by atoms with Crippen LogP contribution in [-0.4, -0.2) is 14.1 Å². The van der Waals surface area contributed by atoms with Gasteiger partial charge < -0.3 is 4.74 Å². The monoisotopic (exact) mass is 922 g/mol. The largest absolute Gasteiger partial charge is 0.458 e. The summed E-state index contributed by atoms with van der Waals surface area (Å²) in [4.78, 5) is 4.93. The molecule has 12 rings (SSSR count). The number of imidazole rings is 1. The lowest BCUT2D eigenvalue weighted by molar-refractivity contribution is -0.572. The molecule has 5 nitrogen and oxygen atoms in total. The Hall–Kier alpha value is -8.02. The van der Waals surface area contributed by atoms with Gasteiger partial charge >= 0.3 is 0 Å². The van der Waals surface area contributed by atoms with Gasteiger partial charge in [-0.1, -0.05) is 184 Å². The van der Waals surface area contributed by atoms with E-state index in [0.717, 1.165) is 72.8 Å². The number of nitrogens with zero attached hydrogens (tertiary/aromatic N) is 4. The van der Waals surface area contributed by atoms with Crippen LogP contribution in [-0.2, 0) is 16.2 Å². The minimum Gasteiger partial charge on any atom is -0.458 e. The Morgan fingerprint density at radius 1 is 0.451 bits per heavy atom. The minimum atomic E-state index is -0.183. The summed E-state index contributed by atoms with van der Waals surface area (Å²) < 4.78 is 13.8. The van der Waals surface area contributed by atoms with Gasteiger partial charge in [0, 0.05) is 23.0 Å². The van der Waals surface area contributed by atoms with Gasteiger partial charge in [-0.15, -0.1) is 0 Å². The van der Waals surface area contributed by atoms with Crippen LogP contribution in [0.5, 0.6) is 11.5 Å². The van der Waals surface area contributed by atoms with Crippen LogP contribution in [0.25, 0.3) is 94.5 Å². The summed E-state index contributed by atoms with van der Waals surface area (Å²) in [6.45, 7) is 20.5. The Bertz CT molecular complexity index is 3900. The highest BCUT2D eigenvalue weighted by Gasteiger charge is 2.30.